The summed E-state index contributed by atoms with van der Waals surface area (Å²) in [6.45, 7) is 0. The molecule has 1 N–H and O–H groups in total. The second-order valence-electron chi connectivity index (χ2n) is 0.362. The summed E-state index contributed by atoms with van der Waals surface area (Å²) in [6.07, 6.45) is 1.68. The van der Waals surface area contributed by atoms with Gasteiger partial charge in [0, 0.05) is 7.05 Å². The first-order valence-corrected chi connectivity index (χ1v) is 0.974. The predicted octanol–water partition coefficient (Wildman–Crippen LogP) is -0.469. The van der Waals surface area contributed by atoms with Crippen LogP contribution in [0.1, 0.15) is 2.85 Å². The molecule has 2 nitrogen and oxygen atoms in total. The van der Waals surface area contributed by atoms with Crippen LogP contribution in [0.2, 0.25) is 0 Å². The molecule has 0 saturated heterocycles. The summed E-state index contributed by atoms with van der Waals surface area (Å²) in [5, 5.41) is 9.75. The Morgan fingerprint density at radius 2 is 2.20 bits per heavy atom. The van der Waals surface area contributed by atoms with Crippen LogP contribution in [-0.2, 0) is 0 Å². The predicted molar refractivity (Wildman–Crippen MR) is 22.7 cm³/mol. The number of hydrogen-bond acceptors (Lipinski definition) is 2. The summed E-state index contributed by atoms with van der Waals surface area (Å²) in [7, 11) is 1.57. The molecule has 0 rings (SSSR count). The molecule has 0 heterocycles. The average molecular weight is 98.2 g/mol. The van der Waals surface area contributed by atoms with Crippen molar-refractivity contribution < 1.29 is 2.85 Å². The number of rotatable bonds is 0. The van der Waals surface area contributed by atoms with Crippen molar-refractivity contribution in [1.82, 2.24) is 5.32 Å². The standard InChI is InChI=1S/C2H4N2.Ca.2H/c1-4-2-3;;;/h4H,1H3;;;/q;+2;2*-1. The molecule has 0 aromatic heterocycles. The van der Waals surface area contributed by atoms with Gasteiger partial charge in [-0.15, -0.1) is 0 Å². The molecule has 0 aliphatic rings. The molecule has 3 heteroatoms. The van der Waals surface area contributed by atoms with Crippen molar-refractivity contribution >= 4 is 37.7 Å². The van der Waals surface area contributed by atoms with Gasteiger partial charge in [-0.05, 0) is 0 Å². The number of hydrogen-bond donors (Lipinski definition) is 1. The number of nitrogens with zero attached hydrogens (tertiary/aromatic N) is 1. The second-order valence-corrected chi connectivity index (χ2v) is 0.362. The molecule has 26 valence electrons. The van der Waals surface area contributed by atoms with Gasteiger partial charge in [0.1, 0.15) is 0 Å². The minimum absolute atomic E-state index is 0. The number of nitrogens with one attached hydrogen (secondary N) is 1. The fraction of sp³-hybridized carbons (Fsp3) is 0.500. The molecular weight excluding hydrogens is 92.1 g/mol. The molecule has 0 atom stereocenters. The van der Waals surface area contributed by atoms with Crippen molar-refractivity contribution in [2.75, 3.05) is 7.05 Å². The van der Waals surface area contributed by atoms with Crippen LogP contribution in [0, 0.1) is 11.5 Å². The molecular formula is C2H6CaN2. The fourth-order valence-electron chi connectivity index (χ4n) is 0. The van der Waals surface area contributed by atoms with Gasteiger partial charge in [0.15, 0.2) is 6.19 Å². The van der Waals surface area contributed by atoms with Crippen molar-refractivity contribution in [2.45, 2.75) is 0 Å². The molecule has 0 aromatic rings. The molecule has 0 spiro atoms. The van der Waals surface area contributed by atoms with E-state index in [9.17, 15) is 0 Å². The largest absolute Gasteiger partial charge is 2.00 e. The van der Waals surface area contributed by atoms with E-state index in [0.717, 1.165) is 0 Å². The molecule has 0 amide bonds. The normalized spacial score (nSPS) is 3.20. The summed E-state index contributed by atoms with van der Waals surface area (Å²) < 4.78 is 0. The van der Waals surface area contributed by atoms with Gasteiger partial charge in [-0.1, -0.05) is 0 Å². The first kappa shape index (κ1) is 9.12. The summed E-state index contributed by atoms with van der Waals surface area (Å²) in [5.74, 6) is 0. The van der Waals surface area contributed by atoms with Gasteiger partial charge >= 0.3 is 37.7 Å². The van der Waals surface area contributed by atoms with Gasteiger partial charge in [-0.2, -0.15) is 5.26 Å². The third kappa shape index (κ3) is 12.3. The van der Waals surface area contributed by atoms with Crippen LogP contribution in [0.5, 0.6) is 0 Å². The monoisotopic (exact) mass is 98.0 g/mol. The van der Waals surface area contributed by atoms with Crippen LogP contribution in [0.25, 0.3) is 0 Å². The Hall–Kier alpha value is 0.550. The first-order chi connectivity index (χ1) is 1.91. The Bertz CT molecular complexity index is 43.4. The maximum atomic E-state index is 7.51. The first-order valence-electron chi connectivity index (χ1n) is 0.974. The average Bonchev–Trinajstić information content (AvgIpc) is 1.37. The zero-order valence-corrected chi connectivity index (χ0v) is 5.36. The van der Waals surface area contributed by atoms with E-state index >= 15 is 0 Å². The Balaban J connectivity index is -0.0000000150. The minimum Gasteiger partial charge on any atom is -1.00 e. The summed E-state index contributed by atoms with van der Waals surface area (Å²) >= 11 is 0. The molecule has 0 fully saturated rings. The Labute approximate surface area is 64.1 Å². The zero-order valence-electron chi connectivity index (χ0n) is 5.15. The molecule has 0 saturated carbocycles. The molecule has 0 bridgehead atoms. The second kappa shape index (κ2) is 8.82. The van der Waals surface area contributed by atoms with E-state index in [1.54, 1.807) is 13.2 Å². The molecule has 0 unspecified atom stereocenters. The maximum Gasteiger partial charge on any atom is 2.00 e. The molecule has 5 heavy (non-hydrogen) atoms. The van der Waals surface area contributed by atoms with Gasteiger partial charge in [0.25, 0.3) is 0 Å². The maximum absolute atomic E-state index is 7.51. The summed E-state index contributed by atoms with van der Waals surface area (Å²) in [5.41, 5.74) is 0. The van der Waals surface area contributed by atoms with Crippen LogP contribution >= 0.6 is 0 Å². The van der Waals surface area contributed by atoms with Crippen LogP contribution in [0.15, 0.2) is 0 Å². The van der Waals surface area contributed by atoms with Crippen LogP contribution in [0.4, 0.5) is 0 Å². The van der Waals surface area contributed by atoms with Gasteiger partial charge in [0.05, 0.1) is 0 Å². The van der Waals surface area contributed by atoms with E-state index in [2.05, 4.69) is 5.32 Å². The van der Waals surface area contributed by atoms with E-state index in [1.165, 1.54) is 0 Å². The van der Waals surface area contributed by atoms with Gasteiger partial charge in [0.2, 0.25) is 0 Å². The fourth-order valence-corrected chi connectivity index (χ4v) is 0. The molecule has 0 radical (unpaired) electrons. The molecule has 0 aliphatic heterocycles. The van der Waals surface area contributed by atoms with Crippen LogP contribution in [0.3, 0.4) is 0 Å². The van der Waals surface area contributed by atoms with E-state index < -0.39 is 0 Å². The topological polar surface area (TPSA) is 35.8 Å². The third-order valence-corrected chi connectivity index (χ3v) is 0.112. The van der Waals surface area contributed by atoms with Crippen molar-refractivity contribution in [3.8, 4) is 6.19 Å². The smallest absolute Gasteiger partial charge is 1.00 e. The van der Waals surface area contributed by atoms with E-state index in [4.69, 9.17) is 5.26 Å². The summed E-state index contributed by atoms with van der Waals surface area (Å²) in [6, 6.07) is 0. The Kier molecular flexibility index (Phi) is 16.1. The van der Waals surface area contributed by atoms with Crippen molar-refractivity contribution in [3.05, 3.63) is 0 Å². The number of nitriles is 1. The Morgan fingerprint density at radius 3 is 2.20 bits per heavy atom. The zero-order chi connectivity index (χ0) is 3.41. The molecule has 0 aromatic carbocycles. The van der Waals surface area contributed by atoms with Crippen LogP contribution in [-0.4, -0.2) is 44.8 Å². The van der Waals surface area contributed by atoms with E-state index in [-0.39, 0.29) is 40.6 Å². The minimum atomic E-state index is 0. The van der Waals surface area contributed by atoms with Gasteiger partial charge < -0.3 is 8.17 Å². The van der Waals surface area contributed by atoms with Gasteiger partial charge in [-0.25, -0.2) is 0 Å². The van der Waals surface area contributed by atoms with Crippen molar-refractivity contribution in [1.29, 1.82) is 5.26 Å². The summed E-state index contributed by atoms with van der Waals surface area (Å²) in [4.78, 5) is 0. The quantitative estimate of drug-likeness (QED) is 0.252. The van der Waals surface area contributed by atoms with E-state index in [1.807, 2.05) is 0 Å². The third-order valence-electron chi connectivity index (χ3n) is 0.112. The van der Waals surface area contributed by atoms with Gasteiger partial charge in [-0.3, -0.25) is 0 Å². The van der Waals surface area contributed by atoms with E-state index in [0.29, 0.717) is 0 Å². The van der Waals surface area contributed by atoms with Crippen LogP contribution < -0.4 is 5.32 Å². The van der Waals surface area contributed by atoms with Crippen molar-refractivity contribution in [2.24, 2.45) is 0 Å². The Morgan fingerprint density at radius 1 is 2.00 bits per heavy atom. The van der Waals surface area contributed by atoms with Crippen molar-refractivity contribution in [3.63, 3.8) is 0 Å². The SMILES string of the molecule is CNC#N.[Ca+2].[H-].[H-]. The molecule has 0 aliphatic carbocycles.